The van der Waals surface area contributed by atoms with Crippen molar-refractivity contribution in [2.75, 3.05) is 13.2 Å². The highest BCUT2D eigenvalue weighted by atomic mass is 19.4. The number of aromatic nitrogens is 3. The van der Waals surface area contributed by atoms with E-state index < -0.39 is 23.4 Å². The Morgan fingerprint density at radius 1 is 1.14 bits per heavy atom. The maximum atomic E-state index is 13.4. The van der Waals surface area contributed by atoms with Crippen LogP contribution in [0.25, 0.3) is 0 Å². The quantitative estimate of drug-likeness (QED) is 0.439. The number of hydrogen-bond acceptors (Lipinski definition) is 4. The molecule has 2 aromatic carbocycles. The largest absolute Gasteiger partial charge is 0.416 e. The number of aliphatic hydroxyl groups is 1. The zero-order chi connectivity index (χ0) is 26.0. The van der Waals surface area contributed by atoms with Gasteiger partial charge >= 0.3 is 11.9 Å². The van der Waals surface area contributed by atoms with Gasteiger partial charge in [0.2, 0.25) is 0 Å². The van der Waals surface area contributed by atoms with Crippen LogP contribution in [0.3, 0.4) is 0 Å². The minimum Gasteiger partial charge on any atom is -0.396 e. The minimum atomic E-state index is -4.42. The Labute approximate surface area is 208 Å². The van der Waals surface area contributed by atoms with Crippen LogP contribution in [-0.4, -0.2) is 33.1 Å². The summed E-state index contributed by atoms with van der Waals surface area (Å²) in [6.45, 7) is 3.69. The van der Waals surface area contributed by atoms with Gasteiger partial charge in [-0.15, -0.1) is 0 Å². The first-order chi connectivity index (χ1) is 17.1. The van der Waals surface area contributed by atoms with E-state index in [2.05, 4.69) is 10.2 Å². The molecule has 0 radical (unpaired) electrons. The van der Waals surface area contributed by atoms with Crippen molar-refractivity contribution < 1.29 is 23.0 Å². The van der Waals surface area contributed by atoms with E-state index in [9.17, 15) is 23.1 Å². The molecule has 1 atom stereocenters. The van der Waals surface area contributed by atoms with Crippen LogP contribution >= 0.6 is 0 Å². The molecule has 0 bridgehead atoms. The maximum absolute atomic E-state index is 13.4. The monoisotopic (exact) mass is 503 g/mol. The van der Waals surface area contributed by atoms with Gasteiger partial charge in [-0.1, -0.05) is 42.0 Å². The van der Waals surface area contributed by atoms with Gasteiger partial charge in [0.25, 0.3) is 0 Å². The molecule has 9 heteroatoms. The number of nitrogens with one attached hydrogen (secondary N) is 1. The highest BCUT2D eigenvalue weighted by Gasteiger charge is 2.45. The highest BCUT2D eigenvalue weighted by molar-refractivity contribution is 5.33. The van der Waals surface area contributed by atoms with Crippen LogP contribution < -0.4 is 5.69 Å². The molecule has 1 heterocycles. The Kier molecular flexibility index (Phi) is 7.43. The number of hydrogen-bond donors (Lipinski definition) is 2. The zero-order valence-electron chi connectivity index (χ0n) is 20.5. The lowest BCUT2D eigenvalue weighted by Gasteiger charge is -2.47. The summed E-state index contributed by atoms with van der Waals surface area (Å²) in [5.41, 5.74) is 0.197. The Morgan fingerprint density at radius 2 is 1.83 bits per heavy atom. The smallest absolute Gasteiger partial charge is 0.396 e. The molecule has 6 nitrogen and oxygen atoms in total. The summed E-state index contributed by atoms with van der Waals surface area (Å²) in [6, 6.07) is 14.0. The van der Waals surface area contributed by atoms with Crippen molar-refractivity contribution in [3.05, 3.63) is 87.6 Å². The van der Waals surface area contributed by atoms with Gasteiger partial charge in [-0.3, -0.25) is 4.57 Å². The van der Waals surface area contributed by atoms with Crippen LogP contribution in [0, 0.1) is 6.92 Å². The summed E-state index contributed by atoms with van der Waals surface area (Å²) < 4.78 is 48.0. The number of H-pyrrole nitrogens is 1. The summed E-state index contributed by atoms with van der Waals surface area (Å²) in [4.78, 5) is 12.4. The first-order valence-corrected chi connectivity index (χ1v) is 12.2. The molecule has 1 aliphatic carbocycles. The van der Waals surface area contributed by atoms with Gasteiger partial charge in [0, 0.05) is 12.0 Å². The lowest BCUT2D eigenvalue weighted by atomic mass is 9.63. The van der Waals surface area contributed by atoms with E-state index >= 15 is 0 Å². The molecule has 2 N–H and O–H groups in total. The van der Waals surface area contributed by atoms with Gasteiger partial charge in [-0.25, -0.2) is 9.89 Å². The number of rotatable bonds is 8. The van der Waals surface area contributed by atoms with E-state index in [0.717, 1.165) is 17.7 Å². The van der Waals surface area contributed by atoms with E-state index in [0.29, 0.717) is 49.8 Å². The van der Waals surface area contributed by atoms with Crippen molar-refractivity contribution >= 4 is 0 Å². The molecule has 1 aromatic heterocycles. The Bertz CT molecular complexity index is 1210. The topological polar surface area (TPSA) is 80.1 Å². The van der Waals surface area contributed by atoms with Crippen LogP contribution in [-0.2, 0) is 21.9 Å². The SMILES string of the molecule is Cc1cc([C@@H](C)OC[C@]2(c3ccccc3)CC[C@](CCO)(n3cn[nH]c3=O)CC2)cc(C(F)(F)F)c1. The molecule has 3 aromatic rings. The molecule has 0 saturated heterocycles. The van der Waals surface area contributed by atoms with E-state index in [1.54, 1.807) is 24.5 Å². The average Bonchev–Trinajstić information content (AvgIpc) is 3.30. The predicted molar refractivity (Wildman–Crippen MR) is 130 cm³/mol. The van der Waals surface area contributed by atoms with Crippen LogP contribution in [0.15, 0.2) is 59.7 Å². The number of aromatic amines is 1. The van der Waals surface area contributed by atoms with Gasteiger partial charge in [-0.05, 0) is 69.2 Å². The first-order valence-electron chi connectivity index (χ1n) is 12.2. The van der Waals surface area contributed by atoms with Gasteiger partial charge in [0.05, 0.1) is 23.8 Å². The van der Waals surface area contributed by atoms with Gasteiger partial charge in [0.1, 0.15) is 6.33 Å². The minimum absolute atomic E-state index is 0.0572. The zero-order valence-corrected chi connectivity index (χ0v) is 20.5. The Morgan fingerprint density at radius 3 is 2.42 bits per heavy atom. The second-order valence-electron chi connectivity index (χ2n) is 9.96. The molecule has 1 aliphatic rings. The van der Waals surface area contributed by atoms with Crippen molar-refractivity contribution in [3.63, 3.8) is 0 Å². The second-order valence-corrected chi connectivity index (χ2v) is 9.96. The average molecular weight is 504 g/mol. The molecule has 36 heavy (non-hydrogen) atoms. The Hall–Kier alpha value is -2.91. The fourth-order valence-corrected chi connectivity index (χ4v) is 5.50. The molecular weight excluding hydrogens is 471 g/mol. The van der Waals surface area contributed by atoms with Crippen molar-refractivity contribution in [2.45, 2.75) is 69.2 Å². The molecule has 0 amide bonds. The number of nitrogens with zero attached hydrogens (tertiary/aromatic N) is 2. The fourth-order valence-electron chi connectivity index (χ4n) is 5.50. The number of alkyl halides is 3. The lowest BCUT2D eigenvalue weighted by molar-refractivity contribution is -0.137. The van der Waals surface area contributed by atoms with Gasteiger partial charge in [0.15, 0.2) is 0 Å². The summed E-state index contributed by atoms with van der Waals surface area (Å²) in [6.07, 6.45) is -0.417. The van der Waals surface area contributed by atoms with E-state index in [4.69, 9.17) is 4.74 Å². The third-order valence-electron chi connectivity index (χ3n) is 7.67. The molecular formula is C27H32F3N3O3. The van der Waals surface area contributed by atoms with E-state index in [1.165, 1.54) is 6.33 Å². The Balaban J connectivity index is 1.59. The van der Waals surface area contributed by atoms with Crippen molar-refractivity contribution in [1.29, 1.82) is 0 Å². The van der Waals surface area contributed by atoms with Crippen molar-refractivity contribution in [2.24, 2.45) is 0 Å². The lowest BCUT2D eigenvalue weighted by Crippen LogP contribution is -2.48. The normalized spacial score (nSPS) is 23.5. The molecule has 1 saturated carbocycles. The maximum Gasteiger partial charge on any atom is 0.416 e. The van der Waals surface area contributed by atoms with Crippen LogP contribution in [0.4, 0.5) is 13.2 Å². The van der Waals surface area contributed by atoms with Crippen LogP contribution in [0.5, 0.6) is 0 Å². The number of benzene rings is 2. The molecule has 0 aliphatic heterocycles. The standard InChI is InChI=1S/C27H32F3N3O3/c1-19-14-21(16-23(15-19)27(28,29)30)20(2)36-17-25(22-6-4-3-5-7-22)8-10-26(11-9-25,12-13-34)33-18-31-32-24(33)35/h3-7,14-16,18,20,34H,8-13,17H2,1-2H3,(H,32,35)/t20-,25-,26-/m1/s1. The third kappa shape index (κ3) is 5.27. The van der Waals surface area contributed by atoms with Gasteiger partial charge in [-0.2, -0.15) is 18.3 Å². The summed E-state index contributed by atoms with van der Waals surface area (Å²) in [5.74, 6) is 0. The molecule has 0 spiro atoms. The van der Waals surface area contributed by atoms with Crippen molar-refractivity contribution in [3.8, 4) is 0 Å². The molecule has 0 unspecified atom stereocenters. The number of aliphatic hydroxyl groups excluding tert-OH is 1. The second kappa shape index (κ2) is 10.2. The van der Waals surface area contributed by atoms with Crippen LogP contribution in [0.1, 0.15) is 67.4 Å². The third-order valence-corrected chi connectivity index (χ3v) is 7.67. The number of ether oxygens (including phenoxy) is 1. The molecule has 194 valence electrons. The molecule has 4 rings (SSSR count). The fraction of sp³-hybridized carbons (Fsp3) is 0.481. The number of halogens is 3. The summed E-state index contributed by atoms with van der Waals surface area (Å²) in [5, 5.41) is 16.1. The van der Waals surface area contributed by atoms with E-state index in [-0.39, 0.29) is 17.7 Å². The first kappa shape index (κ1) is 26.2. The summed E-state index contributed by atoms with van der Waals surface area (Å²) in [7, 11) is 0. The van der Waals surface area contributed by atoms with Crippen LogP contribution in [0.2, 0.25) is 0 Å². The van der Waals surface area contributed by atoms with E-state index in [1.807, 2.05) is 30.3 Å². The summed E-state index contributed by atoms with van der Waals surface area (Å²) >= 11 is 0. The molecule has 1 fully saturated rings. The van der Waals surface area contributed by atoms with Crippen molar-refractivity contribution in [1.82, 2.24) is 14.8 Å². The predicted octanol–water partition coefficient (Wildman–Crippen LogP) is 5.27. The number of aryl methyl sites for hydroxylation is 1. The van der Waals surface area contributed by atoms with Gasteiger partial charge < -0.3 is 9.84 Å². The highest BCUT2D eigenvalue weighted by Crippen LogP contribution is 2.48.